The van der Waals surface area contributed by atoms with Crippen molar-refractivity contribution in [3.8, 4) is 0 Å². The van der Waals surface area contributed by atoms with E-state index in [2.05, 4.69) is 20.8 Å². The molecule has 2 N–H and O–H groups in total. The number of carbonyl (C=O) groups is 2. The summed E-state index contributed by atoms with van der Waals surface area (Å²) in [7, 11) is 1.77. The monoisotopic (exact) mass is 509 g/mol. The Hall–Kier alpha value is -2.62. The molecular formula is C22H22Cl2FN5O2S. The van der Waals surface area contributed by atoms with E-state index in [9.17, 15) is 14.0 Å². The van der Waals surface area contributed by atoms with E-state index in [0.717, 1.165) is 0 Å². The third-order valence-corrected chi connectivity index (χ3v) is 6.30. The van der Waals surface area contributed by atoms with Crippen LogP contribution in [0.25, 0.3) is 0 Å². The van der Waals surface area contributed by atoms with Crippen molar-refractivity contribution in [2.45, 2.75) is 25.0 Å². The third kappa shape index (κ3) is 6.46. The fraction of sp³-hybridized carbons (Fsp3) is 0.273. The van der Waals surface area contributed by atoms with E-state index >= 15 is 0 Å². The number of halogens is 3. The highest BCUT2D eigenvalue weighted by atomic mass is 35.5. The van der Waals surface area contributed by atoms with E-state index in [0.29, 0.717) is 27.3 Å². The number of thioether (sulfide) groups is 1. The number of aromatic nitrogens is 3. The molecule has 1 heterocycles. The first-order chi connectivity index (χ1) is 15.7. The average Bonchev–Trinajstić information content (AvgIpc) is 3.11. The van der Waals surface area contributed by atoms with E-state index in [1.54, 1.807) is 23.7 Å². The molecule has 2 amide bonds. The highest BCUT2D eigenvalue weighted by molar-refractivity contribution is 7.99. The first-order valence-electron chi connectivity index (χ1n) is 9.99. The van der Waals surface area contributed by atoms with Gasteiger partial charge in [-0.1, -0.05) is 48.8 Å². The van der Waals surface area contributed by atoms with Gasteiger partial charge in [0.05, 0.1) is 22.4 Å². The minimum absolute atomic E-state index is 0.00236. The fourth-order valence-corrected chi connectivity index (χ4v) is 4.22. The molecule has 1 atom stereocenters. The smallest absolute Gasteiger partial charge is 0.253 e. The molecule has 3 aromatic rings. The van der Waals surface area contributed by atoms with Crippen molar-refractivity contribution in [1.29, 1.82) is 0 Å². The van der Waals surface area contributed by atoms with E-state index in [1.165, 1.54) is 42.1 Å². The van der Waals surface area contributed by atoms with Crippen LogP contribution in [0.5, 0.6) is 0 Å². The van der Waals surface area contributed by atoms with Gasteiger partial charge in [0.15, 0.2) is 11.0 Å². The van der Waals surface area contributed by atoms with Crippen LogP contribution in [0.2, 0.25) is 10.0 Å². The Morgan fingerprint density at radius 1 is 1.12 bits per heavy atom. The lowest BCUT2D eigenvalue weighted by molar-refractivity contribution is -0.113. The zero-order chi connectivity index (χ0) is 24.1. The molecule has 0 saturated carbocycles. The molecule has 11 heteroatoms. The molecule has 0 fully saturated rings. The van der Waals surface area contributed by atoms with Crippen LogP contribution in [0, 0.1) is 11.7 Å². The van der Waals surface area contributed by atoms with Gasteiger partial charge in [-0.05, 0) is 48.4 Å². The maximum atomic E-state index is 13.0. The van der Waals surface area contributed by atoms with E-state index in [1.807, 2.05) is 13.8 Å². The summed E-state index contributed by atoms with van der Waals surface area (Å²) in [6, 6.07) is 9.75. The number of nitrogens with one attached hydrogen (secondary N) is 2. The van der Waals surface area contributed by atoms with Gasteiger partial charge < -0.3 is 15.2 Å². The molecule has 0 bridgehead atoms. The number of hydrogen-bond donors (Lipinski definition) is 2. The fourth-order valence-electron chi connectivity index (χ4n) is 3.01. The predicted molar refractivity (Wildman–Crippen MR) is 128 cm³/mol. The zero-order valence-electron chi connectivity index (χ0n) is 18.1. The van der Waals surface area contributed by atoms with Crippen LogP contribution < -0.4 is 10.6 Å². The maximum absolute atomic E-state index is 13.0. The van der Waals surface area contributed by atoms with E-state index in [4.69, 9.17) is 23.2 Å². The zero-order valence-corrected chi connectivity index (χ0v) is 20.4. The standard InChI is InChI=1S/C22H22Cl2FN5O2S/c1-12(2)19(27-21(32)16-9-4-13(23)10-17(16)24)20-28-29-22(30(20)3)33-11-18(31)26-15-7-5-14(25)6-8-15/h4-10,12,19H,11H2,1-3H3,(H,26,31)(H,27,32)/t19-/m1/s1. The average molecular weight is 510 g/mol. The van der Waals surface area contributed by atoms with Gasteiger partial charge in [0.2, 0.25) is 5.91 Å². The summed E-state index contributed by atoms with van der Waals surface area (Å²) < 4.78 is 14.7. The Balaban J connectivity index is 1.67. The van der Waals surface area contributed by atoms with Gasteiger partial charge in [-0.3, -0.25) is 9.59 Å². The van der Waals surface area contributed by atoms with Gasteiger partial charge in [-0.25, -0.2) is 4.39 Å². The second-order valence-electron chi connectivity index (χ2n) is 7.56. The molecule has 0 unspecified atom stereocenters. The van der Waals surface area contributed by atoms with Gasteiger partial charge >= 0.3 is 0 Å². The molecule has 3 rings (SSSR count). The molecule has 2 aromatic carbocycles. The Bertz CT molecular complexity index is 1150. The summed E-state index contributed by atoms with van der Waals surface area (Å²) in [5.74, 6) is -0.359. The Morgan fingerprint density at radius 2 is 1.82 bits per heavy atom. The summed E-state index contributed by atoms with van der Waals surface area (Å²) >= 11 is 13.3. The number of amides is 2. The van der Waals surface area contributed by atoms with Crippen molar-refractivity contribution < 1.29 is 14.0 Å². The number of benzene rings is 2. The molecule has 0 aliphatic rings. The lowest BCUT2D eigenvalue weighted by Crippen LogP contribution is -2.33. The van der Waals surface area contributed by atoms with Gasteiger partial charge in [0.25, 0.3) is 5.91 Å². The van der Waals surface area contributed by atoms with Crippen LogP contribution in [0.1, 0.15) is 36.1 Å². The van der Waals surface area contributed by atoms with Gasteiger partial charge in [0.1, 0.15) is 5.82 Å². The van der Waals surface area contributed by atoms with Crippen molar-refractivity contribution in [3.63, 3.8) is 0 Å². The van der Waals surface area contributed by atoms with Gasteiger partial charge in [0, 0.05) is 17.8 Å². The first-order valence-corrected chi connectivity index (χ1v) is 11.7. The molecule has 7 nitrogen and oxygen atoms in total. The SMILES string of the molecule is CC(C)[C@@H](NC(=O)c1ccc(Cl)cc1Cl)c1nnc(SCC(=O)Nc2ccc(F)cc2)n1C. The number of nitrogens with zero attached hydrogens (tertiary/aromatic N) is 3. The van der Waals surface area contributed by atoms with E-state index in [-0.39, 0.29) is 34.3 Å². The number of hydrogen-bond acceptors (Lipinski definition) is 5. The normalized spacial score (nSPS) is 12.0. The van der Waals surface area contributed by atoms with Crippen molar-refractivity contribution in [2.75, 3.05) is 11.1 Å². The van der Waals surface area contributed by atoms with Crippen molar-refractivity contribution in [1.82, 2.24) is 20.1 Å². The molecular weight excluding hydrogens is 488 g/mol. The van der Waals surface area contributed by atoms with Crippen LogP contribution in [0.4, 0.5) is 10.1 Å². The molecule has 174 valence electrons. The molecule has 0 saturated heterocycles. The third-order valence-electron chi connectivity index (χ3n) is 4.74. The highest BCUT2D eigenvalue weighted by Gasteiger charge is 2.26. The largest absolute Gasteiger partial charge is 0.342 e. The summed E-state index contributed by atoms with van der Waals surface area (Å²) in [6.45, 7) is 3.90. The number of carbonyl (C=O) groups excluding carboxylic acids is 2. The molecule has 0 aliphatic carbocycles. The summed E-state index contributed by atoms with van der Waals surface area (Å²) in [5.41, 5.74) is 0.810. The summed E-state index contributed by atoms with van der Waals surface area (Å²) in [6.07, 6.45) is 0. The summed E-state index contributed by atoms with van der Waals surface area (Å²) in [4.78, 5) is 25.0. The van der Waals surface area contributed by atoms with Crippen LogP contribution in [-0.4, -0.2) is 32.3 Å². The minimum atomic E-state index is -0.441. The molecule has 0 radical (unpaired) electrons. The van der Waals surface area contributed by atoms with Crippen LogP contribution >= 0.6 is 35.0 Å². The lowest BCUT2D eigenvalue weighted by atomic mass is 10.0. The second-order valence-corrected chi connectivity index (χ2v) is 9.35. The van der Waals surface area contributed by atoms with Crippen molar-refractivity contribution in [3.05, 3.63) is 69.7 Å². The molecule has 0 aliphatic heterocycles. The molecule has 0 spiro atoms. The van der Waals surface area contributed by atoms with Crippen LogP contribution in [0.15, 0.2) is 47.6 Å². The Labute approximate surface area is 205 Å². The van der Waals surface area contributed by atoms with Gasteiger partial charge in [-0.15, -0.1) is 10.2 Å². The van der Waals surface area contributed by atoms with E-state index < -0.39 is 6.04 Å². The highest BCUT2D eigenvalue weighted by Crippen LogP contribution is 2.26. The van der Waals surface area contributed by atoms with Crippen LogP contribution in [-0.2, 0) is 11.8 Å². The predicted octanol–water partition coefficient (Wildman–Crippen LogP) is 5.12. The topological polar surface area (TPSA) is 88.9 Å². The van der Waals surface area contributed by atoms with Crippen molar-refractivity contribution in [2.24, 2.45) is 13.0 Å². The quantitative estimate of drug-likeness (QED) is 0.411. The van der Waals surface area contributed by atoms with Crippen molar-refractivity contribution >= 4 is 52.5 Å². The van der Waals surface area contributed by atoms with Crippen LogP contribution in [0.3, 0.4) is 0 Å². The van der Waals surface area contributed by atoms with Gasteiger partial charge in [-0.2, -0.15) is 0 Å². The molecule has 33 heavy (non-hydrogen) atoms. The lowest BCUT2D eigenvalue weighted by Gasteiger charge is -2.22. The minimum Gasteiger partial charge on any atom is -0.342 e. The molecule has 1 aromatic heterocycles. The Kier molecular flexibility index (Phi) is 8.34. The number of anilines is 1. The summed E-state index contributed by atoms with van der Waals surface area (Å²) in [5, 5.41) is 15.3. The Morgan fingerprint density at radius 3 is 2.45 bits per heavy atom. The maximum Gasteiger partial charge on any atom is 0.253 e. The first kappa shape index (κ1) is 25.0. The second kappa shape index (κ2) is 11.0. The number of rotatable bonds is 8.